The van der Waals surface area contributed by atoms with Crippen LogP contribution in [-0.2, 0) is 14.3 Å². The number of pyridine rings is 1. The zero-order chi connectivity index (χ0) is 21.1. The second-order valence-corrected chi connectivity index (χ2v) is 8.32. The maximum atomic E-state index is 13.0. The number of carbonyl (C=O) groups is 3. The number of likely N-dealkylation sites (tertiary alicyclic amines) is 1. The average molecular weight is 415 g/mol. The van der Waals surface area contributed by atoms with Gasteiger partial charge < -0.3 is 19.4 Å². The van der Waals surface area contributed by atoms with E-state index in [1.54, 1.807) is 13.0 Å². The molecule has 0 radical (unpaired) electrons. The van der Waals surface area contributed by atoms with Crippen molar-refractivity contribution >= 4 is 23.6 Å². The number of esters is 1. The number of carbonyl (C=O) groups excluding carboxylic acids is 3. The Morgan fingerprint density at radius 1 is 1.13 bits per heavy atom. The van der Waals surface area contributed by atoms with Crippen molar-refractivity contribution in [3.8, 4) is 0 Å². The number of hydrogen-bond donors (Lipinski definition) is 0. The first kappa shape index (κ1) is 20.6. The van der Waals surface area contributed by atoms with Crippen molar-refractivity contribution in [1.82, 2.24) is 14.8 Å². The van der Waals surface area contributed by atoms with Gasteiger partial charge in [0.2, 0.25) is 11.8 Å². The number of rotatable bonds is 5. The maximum Gasteiger partial charge on any atom is 0.339 e. The zero-order valence-electron chi connectivity index (χ0n) is 17.6. The van der Waals surface area contributed by atoms with E-state index in [2.05, 4.69) is 9.88 Å². The third-order valence-electron chi connectivity index (χ3n) is 6.45. The van der Waals surface area contributed by atoms with Crippen molar-refractivity contribution < 1.29 is 19.1 Å². The first-order valence-electron chi connectivity index (χ1n) is 11.0. The largest absolute Gasteiger partial charge is 0.462 e. The summed E-state index contributed by atoms with van der Waals surface area (Å²) in [5, 5.41) is 0. The first-order chi connectivity index (χ1) is 14.6. The van der Waals surface area contributed by atoms with Gasteiger partial charge in [-0.25, -0.2) is 9.78 Å². The van der Waals surface area contributed by atoms with E-state index in [1.807, 2.05) is 15.9 Å². The quantitative estimate of drug-likeness (QED) is 0.682. The molecule has 3 aliphatic rings. The summed E-state index contributed by atoms with van der Waals surface area (Å²) in [5.74, 6) is 0.467. The lowest BCUT2D eigenvalue weighted by Gasteiger charge is -2.36. The molecule has 0 bridgehead atoms. The Bertz CT molecular complexity index is 783. The Balaban J connectivity index is 1.29. The highest BCUT2D eigenvalue weighted by molar-refractivity contribution is 5.90. The zero-order valence-corrected chi connectivity index (χ0v) is 17.6. The molecule has 2 aliphatic heterocycles. The van der Waals surface area contributed by atoms with E-state index < -0.39 is 0 Å². The van der Waals surface area contributed by atoms with Crippen LogP contribution in [0, 0.1) is 5.92 Å². The van der Waals surface area contributed by atoms with Gasteiger partial charge in [-0.3, -0.25) is 9.59 Å². The number of hydrogen-bond acceptors (Lipinski definition) is 6. The number of anilines is 1. The molecule has 8 nitrogen and oxygen atoms in total. The molecule has 30 heavy (non-hydrogen) atoms. The van der Waals surface area contributed by atoms with E-state index >= 15 is 0 Å². The smallest absolute Gasteiger partial charge is 0.339 e. The molecule has 8 heteroatoms. The van der Waals surface area contributed by atoms with Crippen LogP contribution in [0.4, 0.5) is 5.82 Å². The monoisotopic (exact) mass is 414 g/mol. The van der Waals surface area contributed by atoms with Crippen molar-refractivity contribution in [3.05, 3.63) is 23.9 Å². The Morgan fingerprint density at radius 2 is 1.87 bits per heavy atom. The van der Waals surface area contributed by atoms with E-state index in [9.17, 15) is 14.4 Å². The molecular formula is C22H30N4O4. The minimum atomic E-state index is -0.371. The summed E-state index contributed by atoms with van der Waals surface area (Å²) in [4.78, 5) is 47.5. The minimum Gasteiger partial charge on any atom is -0.462 e. The SMILES string of the molecule is CCOC(=O)c1ccc(N2CCN(C(=O)C3CC(=O)N(C4CCCC4)C3)CC2)nc1. The predicted molar refractivity (Wildman–Crippen MR) is 111 cm³/mol. The summed E-state index contributed by atoms with van der Waals surface area (Å²) in [6.45, 7) is 5.30. The number of piperazine rings is 1. The summed E-state index contributed by atoms with van der Waals surface area (Å²) < 4.78 is 4.99. The molecule has 0 aromatic carbocycles. The third-order valence-corrected chi connectivity index (χ3v) is 6.45. The van der Waals surface area contributed by atoms with Gasteiger partial charge in [0, 0.05) is 51.4 Å². The molecule has 3 heterocycles. The van der Waals surface area contributed by atoms with Gasteiger partial charge in [0.25, 0.3) is 0 Å². The summed E-state index contributed by atoms with van der Waals surface area (Å²) >= 11 is 0. The molecule has 1 saturated carbocycles. The fourth-order valence-electron chi connectivity index (χ4n) is 4.79. The maximum absolute atomic E-state index is 13.0. The van der Waals surface area contributed by atoms with Crippen LogP contribution in [0.25, 0.3) is 0 Å². The van der Waals surface area contributed by atoms with Gasteiger partial charge >= 0.3 is 5.97 Å². The fourth-order valence-corrected chi connectivity index (χ4v) is 4.79. The van der Waals surface area contributed by atoms with Gasteiger partial charge in [0.15, 0.2) is 0 Å². The average Bonchev–Trinajstić information content (AvgIpc) is 3.43. The minimum absolute atomic E-state index is 0.106. The van der Waals surface area contributed by atoms with Crippen LogP contribution >= 0.6 is 0 Å². The lowest BCUT2D eigenvalue weighted by atomic mass is 10.1. The number of aromatic nitrogens is 1. The number of amides is 2. The molecule has 0 spiro atoms. The third kappa shape index (κ3) is 4.27. The lowest BCUT2D eigenvalue weighted by Crippen LogP contribution is -2.51. The molecule has 4 rings (SSSR count). The summed E-state index contributed by atoms with van der Waals surface area (Å²) in [7, 11) is 0. The molecule has 3 fully saturated rings. The lowest BCUT2D eigenvalue weighted by molar-refractivity contribution is -0.136. The van der Waals surface area contributed by atoms with Crippen molar-refractivity contribution in [2.24, 2.45) is 5.92 Å². The summed E-state index contributed by atoms with van der Waals surface area (Å²) in [5.41, 5.74) is 0.437. The first-order valence-corrected chi connectivity index (χ1v) is 11.0. The molecule has 2 saturated heterocycles. The van der Waals surface area contributed by atoms with Crippen LogP contribution in [0.5, 0.6) is 0 Å². The van der Waals surface area contributed by atoms with Crippen LogP contribution < -0.4 is 4.90 Å². The number of nitrogens with zero attached hydrogens (tertiary/aromatic N) is 4. The molecule has 1 aromatic rings. The molecule has 1 aromatic heterocycles. The second-order valence-electron chi connectivity index (χ2n) is 8.32. The topological polar surface area (TPSA) is 83.0 Å². The van der Waals surface area contributed by atoms with Crippen LogP contribution in [0.2, 0.25) is 0 Å². The van der Waals surface area contributed by atoms with Crippen LogP contribution in [-0.4, -0.2) is 77.9 Å². The van der Waals surface area contributed by atoms with Crippen LogP contribution in [0.3, 0.4) is 0 Å². The van der Waals surface area contributed by atoms with Gasteiger partial charge in [-0.1, -0.05) is 12.8 Å². The van der Waals surface area contributed by atoms with Gasteiger partial charge in [-0.2, -0.15) is 0 Å². The van der Waals surface area contributed by atoms with Gasteiger partial charge in [0.1, 0.15) is 5.82 Å². The van der Waals surface area contributed by atoms with Crippen LogP contribution in [0.1, 0.15) is 49.4 Å². The molecule has 1 aliphatic carbocycles. The van der Waals surface area contributed by atoms with Gasteiger partial charge in [-0.15, -0.1) is 0 Å². The standard InChI is InChI=1S/C22H30N4O4/c1-2-30-22(29)16-7-8-19(23-14-16)24-9-11-25(12-10-24)21(28)17-13-20(27)26(15-17)18-5-3-4-6-18/h7-8,14,17-18H,2-6,9-13,15H2,1H3. The Kier molecular flexibility index (Phi) is 6.20. The van der Waals surface area contributed by atoms with Crippen molar-refractivity contribution in [1.29, 1.82) is 0 Å². The van der Waals surface area contributed by atoms with Crippen molar-refractivity contribution in [2.45, 2.75) is 45.1 Å². The molecule has 0 N–H and O–H groups in total. The van der Waals surface area contributed by atoms with Gasteiger partial charge in [-0.05, 0) is 31.9 Å². The molecule has 1 atom stereocenters. The van der Waals surface area contributed by atoms with E-state index in [0.29, 0.717) is 57.4 Å². The second kappa shape index (κ2) is 9.02. The fraction of sp³-hybridized carbons (Fsp3) is 0.636. The molecule has 1 unspecified atom stereocenters. The summed E-state index contributed by atoms with van der Waals surface area (Å²) in [6, 6.07) is 3.88. The van der Waals surface area contributed by atoms with E-state index in [1.165, 1.54) is 19.0 Å². The highest BCUT2D eigenvalue weighted by atomic mass is 16.5. The van der Waals surface area contributed by atoms with Crippen molar-refractivity contribution in [3.63, 3.8) is 0 Å². The number of ether oxygens (including phenoxy) is 1. The van der Waals surface area contributed by atoms with E-state index in [0.717, 1.165) is 18.7 Å². The van der Waals surface area contributed by atoms with E-state index in [-0.39, 0.29) is 23.7 Å². The summed E-state index contributed by atoms with van der Waals surface area (Å²) in [6.07, 6.45) is 6.41. The normalized spacial score (nSPS) is 22.6. The molecular weight excluding hydrogens is 384 g/mol. The molecule has 162 valence electrons. The highest BCUT2D eigenvalue weighted by Crippen LogP contribution is 2.30. The Morgan fingerprint density at radius 3 is 2.50 bits per heavy atom. The van der Waals surface area contributed by atoms with Gasteiger partial charge in [0.05, 0.1) is 18.1 Å². The van der Waals surface area contributed by atoms with Crippen LogP contribution in [0.15, 0.2) is 18.3 Å². The Hall–Kier alpha value is -2.64. The highest BCUT2D eigenvalue weighted by Gasteiger charge is 2.40. The van der Waals surface area contributed by atoms with Crippen molar-refractivity contribution in [2.75, 3.05) is 44.2 Å². The van der Waals surface area contributed by atoms with E-state index in [4.69, 9.17) is 4.74 Å². The molecule has 2 amide bonds. The predicted octanol–water partition coefficient (Wildman–Crippen LogP) is 1.70. The Labute approximate surface area is 177 Å².